The summed E-state index contributed by atoms with van der Waals surface area (Å²) in [4.78, 5) is 4.57. The van der Waals surface area contributed by atoms with Crippen molar-refractivity contribution in [2.75, 3.05) is 5.33 Å². The fourth-order valence-corrected chi connectivity index (χ4v) is 2.75. The molecule has 0 aromatic carbocycles. The predicted molar refractivity (Wildman–Crippen MR) is 67.5 cm³/mol. The Morgan fingerprint density at radius 2 is 2.47 bits per heavy atom. The first-order chi connectivity index (χ1) is 7.31. The summed E-state index contributed by atoms with van der Waals surface area (Å²) in [6, 6.07) is 4.31. The van der Waals surface area contributed by atoms with Gasteiger partial charge in [-0.05, 0) is 43.2 Å². The van der Waals surface area contributed by atoms with Crippen molar-refractivity contribution in [3.8, 4) is 0 Å². The average Bonchev–Trinajstić information content (AvgIpc) is 2.29. The first-order valence-corrected chi connectivity index (χ1v) is 6.93. The van der Waals surface area contributed by atoms with E-state index in [1.165, 1.54) is 36.9 Å². The zero-order chi connectivity index (χ0) is 10.7. The molecule has 2 heteroatoms. The normalized spacial score (nSPS) is 22.1. The minimum Gasteiger partial charge on any atom is -0.261 e. The van der Waals surface area contributed by atoms with Crippen LogP contribution >= 0.6 is 15.9 Å². The van der Waals surface area contributed by atoms with Crippen molar-refractivity contribution in [1.82, 2.24) is 4.98 Å². The molecule has 0 fully saturated rings. The van der Waals surface area contributed by atoms with E-state index in [0.29, 0.717) is 5.92 Å². The van der Waals surface area contributed by atoms with Crippen LogP contribution in [0.15, 0.2) is 18.3 Å². The molecular formula is C13H18BrN. The van der Waals surface area contributed by atoms with Gasteiger partial charge in [-0.2, -0.15) is 0 Å². The van der Waals surface area contributed by atoms with Crippen LogP contribution in [0.1, 0.15) is 43.4 Å². The van der Waals surface area contributed by atoms with Gasteiger partial charge < -0.3 is 0 Å². The molecule has 1 aromatic heterocycles. The van der Waals surface area contributed by atoms with Crippen LogP contribution in [0.5, 0.6) is 0 Å². The molecule has 0 aliphatic heterocycles. The molecular weight excluding hydrogens is 250 g/mol. The molecule has 0 saturated heterocycles. The first-order valence-electron chi connectivity index (χ1n) is 5.81. The van der Waals surface area contributed by atoms with E-state index in [0.717, 1.165) is 11.2 Å². The second kappa shape index (κ2) is 5.11. The second-order valence-electron chi connectivity index (χ2n) is 4.63. The Morgan fingerprint density at radius 3 is 3.27 bits per heavy atom. The Morgan fingerprint density at radius 1 is 1.60 bits per heavy atom. The molecule has 1 nitrogen and oxygen atoms in total. The lowest BCUT2D eigenvalue weighted by Gasteiger charge is -2.25. The van der Waals surface area contributed by atoms with Gasteiger partial charge in [-0.3, -0.25) is 4.98 Å². The topological polar surface area (TPSA) is 12.9 Å². The number of hydrogen-bond acceptors (Lipinski definition) is 1. The number of rotatable bonds is 3. The number of nitrogens with zero attached hydrogens (tertiary/aromatic N) is 1. The highest BCUT2D eigenvalue weighted by atomic mass is 79.9. The average molecular weight is 268 g/mol. The Labute approximate surface area is 100 Å². The van der Waals surface area contributed by atoms with Crippen LogP contribution in [-0.2, 0) is 6.42 Å². The smallest absolute Gasteiger partial charge is 0.0466 e. The molecule has 0 N–H and O–H groups in total. The highest BCUT2D eigenvalue weighted by molar-refractivity contribution is 9.09. The van der Waals surface area contributed by atoms with Gasteiger partial charge in [0.2, 0.25) is 0 Å². The molecule has 0 amide bonds. The lowest BCUT2D eigenvalue weighted by Crippen LogP contribution is -2.14. The Kier molecular flexibility index (Phi) is 3.79. The van der Waals surface area contributed by atoms with Crippen molar-refractivity contribution in [2.24, 2.45) is 5.92 Å². The van der Waals surface area contributed by atoms with Gasteiger partial charge in [-0.15, -0.1) is 0 Å². The van der Waals surface area contributed by atoms with Crippen molar-refractivity contribution in [1.29, 1.82) is 0 Å². The van der Waals surface area contributed by atoms with E-state index in [2.05, 4.69) is 40.0 Å². The largest absolute Gasteiger partial charge is 0.261 e. The van der Waals surface area contributed by atoms with Crippen LogP contribution in [0.25, 0.3) is 0 Å². The van der Waals surface area contributed by atoms with E-state index >= 15 is 0 Å². The standard InChI is InChI=1S/C13H18BrN/c1-10(9-14)8-12-5-2-4-11-6-3-7-15-13(11)12/h3,6-7,10,12H,2,4-5,8-9H2,1H3. The molecule has 0 radical (unpaired) electrons. The van der Waals surface area contributed by atoms with E-state index in [9.17, 15) is 0 Å². The van der Waals surface area contributed by atoms with Gasteiger partial charge in [0.25, 0.3) is 0 Å². The molecule has 2 rings (SSSR count). The Bertz CT molecular complexity index is 324. The molecule has 1 aliphatic rings. The third-order valence-corrected chi connectivity index (χ3v) is 4.37. The summed E-state index contributed by atoms with van der Waals surface area (Å²) in [7, 11) is 0. The summed E-state index contributed by atoms with van der Waals surface area (Å²) in [5.74, 6) is 1.45. The number of aromatic nitrogens is 1. The van der Waals surface area contributed by atoms with Gasteiger partial charge in [0, 0.05) is 23.1 Å². The van der Waals surface area contributed by atoms with Crippen LogP contribution in [0.3, 0.4) is 0 Å². The lowest BCUT2D eigenvalue weighted by atomic mass is 9.82. The van der Waals surface area contributed by atoms with Crippen molar-refractivity contribution >= 4 is 15.9 Å². The molecule has 1 aliphatic carbocycles. The maximum Gasteiger partial charge on any atom is 0.0466 e. The number of pyridine rings is 1. The summed E-state index contributed by atoms with van der Waals surface area (Å²) >= 11 is 3.56. The fraction of sp³-hybridized carbons (Fsp3) is 0.615. The number of halogens is 1. The third kappa shape index (κ3) is 2.60. The van der Waals surface area contributed by atoms with E-state index in [1.54, 1.807) is 0 Å². The SMILES string of the molecule is CC(CBr)CC1CCCc2cccnc21. The molecule has 0 saturated carbocycles. The van der Waals surface area contributed by atoms with Gasteiger partial charge in [0.1, 0.15) is 0 Å². The lowest BCUT2D eigenvalue weighted by molar-refractivity contribution is 0.443. The molecule has 1 aromatic rings. The summed E-state index contributed by atoms with van der Waals surface area (Å²) in [5.41, 5.74) is 2.85. The molecule has 1 heterocycles. The van der Waals surface area contributed by atoms with Crippen LogP contribution < -0.4 is 0 Å². The van der Waals surface area contributed by atoms with Crippen LogP contribution in [0, 0.1) is 5.92 Å². The maximum atomic E-state index is 4.57. The van der Waals surface area contributed by atoms with E-state index in [-0.39, 0.29) is 0 Å². The number of aryl methyl sites for hydroxylation is 1. The van der Waals surface area contributed by atoms with Crippen LogP contribution in [0.4, 0.5) is 0 Å². The summed E-state index contributed by atoms with van der Waals surface area (Å²) in [5, 5.41) is 1.10. The van der Waals surface area contributed by atoms with Crippen LogP contribution in [0.2, 0.25) is 0 Å². The molecule has 82 valence electrons. The fourth-order valence-electron chi connectivity index (χ4n) is 2.48. The number of fused-ring (bicyclic) bond motifs is 1. The van der Waals surface area contributed by atoms with Gasteiger partial charge in [0.15, 0.2) is 0 Å². The second-order valence-corrected chi connectivity index (χ2v) is 5.28. The monoisotopic (exact) mass is 267 g/mol. The van der Waals surface area contributed by atoms with Gasteiger partial charge in [0.05, 0.1) is 0 Å². The molecule has 0 spiro atoms. The zero-order valence-electron chi connectivity index (χ0n) is 9.25. The van der Waals surface area contributed by atoms with Gasteiger partial charge in [-0.25, -0.2) is 0 Å². The quantitative estimate of drug-likeness (QED) is 0.757. The first kappa shape index (κ1) is 11.1. The Balaban J connectivity index is 2.15. The predicted octanol–water partition coefficient (Wildman–Crippen LogP) is 3.92. The van der Waals surface area contributed by atoms with E-state index in [4.69, 9.17) is 0 Å². The number of alkyl halides is 1. The highest BCUT2D eigenvalue weighted by Gasteiger charge is 2.22. The van der Waals surface area contributed by atoms with Crippen molar-refractivity contribution in [3.63, 3.8) is 0 Å². The summed E-state index contributed by atoms with van der Waals surface area (Å²) < 4.78 is 0. The third-order valence-electron chi connectivity index (χ3n) is 3.26. The van der Waals surface area contributed by atoms with Crippen LogP contribution in [-0.4, -0.2) is 10.3 Å². The molecule has 0 bridgehead atoms. The van der Waals surface area contributed by atoms with Crippen molar-refractivity contribution < 1.29 is 0 Å². The Hall–Kier alpha value is -0.370. The van der Waals surface area contributed by atoms with E-state index < -0.39 is 0 Å². The zero-order valence-corrected chi connectivity index (χ0v) is 10.8. The van der Waals surface area contributed by atoms with E-state index in [1.807, 2.05) is 6.20 Å². The summed E-state index contributed by atoms with van der Waals surface area (Å²) in [6.07, 6.45) is 7.09. The maximum absolute atomic E-state index is 4.57. The van der Waals surface area contributed by atoms with Gasteiger partial charge in [-0.1, -0.05) is 28.9 Å². The number of hydrogen-bond donors (Lipinski definition) is 0. The minimum absolute atomic E-state index is 0.697. The van der Waals surface area contributed by atoms with Gasteiger partial charge >= 0.3 is 0 Å². The highest BCUT2D eigenvalue weighted by Crippen LogP contribution is 2.34. The molecule has 2 atom stereocenters. The molecule has 15 heavy (non-hydrogen) atoms. The minimum atomic E-state index is 0.697. The van der Waals surface area contributed by atoms with Crippen molar-refractivity contribution in [2.45, 2.75) is 38.5 Å². The summed E-state index contributed by atoms with van der Waals surface area (Å²) in [6.45, 7) is 2.31. The van der Waals surface area contributed by atoms with Crippen molar-refractivity contribution in [3.05, 3.63) is 29.6 Å². The molecule has 2 unspecified atom stereocenters.